The van der Waals surface area contributed by atoms with E-state index in [-0.39, 0.29) is 6.54 Å². The minimum atomic E-state index is -1.23. The number of hydrogen-bond donors (Lipinski definition) is 1. The molecule has 1 aromatic carbocycles. The fourth-order valence-corrected chi connectivity index (χ4v) is 2.96. The second kappa shape index (κ2) is 6.03. The summed E-state index contributed by atoms with van der Waals surface area (Å²) in [7, 11) is 0. The van der Waals surface area contributed by atoms with Crippen molar-refractivity contribution in [2.75, 3.05) is 0 Å². The van der Waals surface area contributed by atoms with E-state index in [1.807, 2.05) is 0 Å². The first-order valence-electron chi connectivity index (χ1n) is 7.86. The summed E-state index contributed by atoms with van der Waals surface area (Å²) in [4.78, 5) is 30.5. The summed E-state index contributed by atoms with van der Waals surface area (Å²) in [5.41, 5.74) is -0.0241. The van der Waals surface area contributed by atoms with Gasteiger partial charge in [-0.05, 0) is 43.3 Å². The van der Waals surface area contributed by atoms with Crippen molar-refractivity contribution in [1.82, 2.24) is 15.2 Å². The fourth-order valence-electron chi connectivity index (χ4n) is 2.84. The van der Waals surface area contributed by atoms with Crippen LogP contribution in [0.1, 0.15) is 18.4 Å². The van der Waals surface area contributed by atoms with Crippen molar-refractivity contribution in [3.63, 3.8) is 0 Å². The van der Waals surface area contributed by atoms with Gasteiger partial charge in [0.25, 0.3) is 5.91 Å². The molecule has 1 saturated heterocycles. The van der Waals surface area contributed by atoms with E-state index in [9.17, 15) is 9.59 Å². The Bertz CT molecular complexity index is 965. The number of furan rings is 1. The summed E-state index contributed by atoms with van der Waals surface area (Å²) in [6, 6.07) is 9.82. The molecule has 8 heteroatoms. The minimum absolute atomic E-state index is 0.00193. The van der Waals surface area contributed by atoms with Gasteiger partial charge in [-0.3, -0.25) is 9.69 Å². The zero-order valence-corrected chi connectivity index (χ0v) is 14.5. The second-order valence-electron chi connectivity index (χ2n) is 6.07. The normalized spacial score (nSPS) is 19.8. The van der Waals surface area contributed by atoms with Crippen molar-refractivity contribution in [1.29, 1.82) is 0 Å². The highest BCUT2D eigenvalue weighted by atomic mass is 35.5. The molecule has 132 valence electrons. The molecule has 26 heavy (non-hydrogen) atoms. The summed E-state index contributed by atoms with van der Waals surface area (Å²) >= 11 is 5.87. The van der Waals surface area contributed by atoms with Crippen LogP contribution >= 0.6 is 11.6 Å². The van der Waals surface area contributed by atoms with Crippen LogP contribution in [0.4, 0.5) is 4.79 Å². The van der Waals surface area contributed by atoms with Gasteiger partial charge >= 0.3 is 6.03 Å². The number of rotatable bonds is 4. The average Bonchev–Trinajstić information content (AvgIpc) is 3.34. The van der Waals surface area contributed by atoms with Crippen LogP contribution in [-0.2, 0) is 16.9 Å². The average molecular weight is 372 g/mol. The highest BCUT2D eigenvalue weighted by Crippen LogP contribution is 2.30. The van der Waals surface area contributed by atoms with Crippen LogP contribution in [0.3, 0.4) is 0 Å². The van der Waals surface area contributed by atoms with Crippen molar-refractivity contribution >= 4 is 23.5 Å². The number of carbonyl (C=O) groups excluding carboxylic acids is 2. The lowest BCUT2D eigenvalue weighted by Crippen LogP contribution is -2.40. The summed E-state index contributed by atoms with van der Waals surface area (Å²) < 4.78 is 10.8. The highest BCUT2D eigenvalue weighted by Gasteiger charge is 2.51. The summed E-state index contributed by atoms with van der Waals surface area (Å²) in [5, 5.41) is 3.28. The molecule has 4 rings (SSSR count). The lowest BCUT2D eigenvalue weighted by molar-refractivity contribution is -0.132. The monoisotopic (exact) mass is 371 g/mol. The maximum atomic E-state index is 12.8. The Morgan fingerprint density at radius 2 is 1.96 bits per heavy atom. The van der Waals surface area contributed by atoms with Gasteiger partial charge in [-0.25, -0.2) is 9.78 Å². The number of urea groups is 1. The number of nitrogens with one attached hydrogen (secondary N) is 1. The lowest BCUT2D eigenvalue weighted by Gasteiger charge is -2.18. The first-order valence-corrected chi connectivity index (χ1v) is 8.23. The quantitative estimate of drug-likeness (QED) is 0.708. The number of carbonyl (C=O) groups is 2. The van der Waals surface area contributed by atoms with E-state index in [1.165, 1.54) is 12.5 Å². The van der Waals surface area contributed by atoms with Gasteiger partial charge in [-0.1, -0.05) is 11.6 Å². The zero-order valence-electron chi connectivity index (χ0n) is 13.7. The van der Waals surface area contributed by atoms with E-state index in [2.05, 4.69) is 10.3 Å². The molecule has 1 aliphatic rings. The predicted molar refractivity (Wildman–Crippen MR) is 92.1 cm³/mol. The van der Waals surface area contributed by atoms with E-state index >= 15 is 0 Å². The van der Waals surface area contributed by atoms with Crippen molar-refractivity contribution in [2.24, 2.45) is 0 Å². The Morgan fingerprint density at radius 3 is 2.65 bits per heavy atom. The molecular weight excluding hydrogens is 358 g/mol. The third-order valence-corrected chi connectivity index (χ3v) is 4.50. The van der Waals surface area contributed by atoms with Gasteiger partial charge in [0.1, 0.15) is 12.0 Å². The Balaban J connectivity index is 1.55. The second-order valence-corrected chi connectivity index (χ2v) is 6.51. The molecule has 7 nitrogen and oxygen atoms in total. The Labute approximate surface area is 153 Å². The maximum Gasteiger partial charge on any atom is 0.325 e. The summed E-state index contributed by atoms with van der Waals surface area (Å²) in [5.74, 6) is 0.353. The van der Waals surface area contributed by atoms with Crippen LogP contribution < -0.4 is 5.32 Å². The summed E-state index contributed by atoms with van der Waals surface area (Å²) in [6.45, 7) is 1.60. The fraction of sp³-hybridized carbons (Fsp3) is 0.167. The third-order valence-electron chi connectivity index (χ3n) is 4.25. The van der Waals surface area contributed by atoms with Gasteiger partial charge in [-0.2, -0.15) is 0 Å². The van der Waals surface area contributed by atoms with Gasteiger partial charge in [0, 0.05) is 10.6 Å². The maximum absolute atomic E-state index is 12.8. The highest BCUT2D eigenvalue weighted by molar-refractivity contribution is 6.30. The van der Waals surface area contributed by atoms with Gasteiger partial charge in [0.05, 0.1) is 18.5 Å². The molecule has 0 saturated carbocycles. The van der Waals surface area contributed by atoms with Gasteiger partial charge in [-0.15, -0.1) is 0 Å². The Hall–Kier alpha value is -3.06. The number of halogens is 1. The standard InChI is InChI=1S/C18H14ClN3O4/c1-18(14-3-2-8-25-14)16(23)22(17(24)21-18)9-13-10-26-15(20-13)11-4-6-12(19)7-5-11/h2-8,10H,9H2,1H3,(H,21,24). The van der Waals surface area contributed by atoms with Crippen molar-refractivity contribution in [2.45, 2.75) is 19.0 Å². The van der Waals surface area contributed by atoms with E-state index in [0.29, 0.717) is 22.4 Å². The van der Waals surface area contributed by atoms with Crippen LogP contribution in [0, 0.1) is 0 Å². The summed E-state index contributed by atoms with van der Waals surface area (Å²) in [6.07, 6.45) is 2.88. The van der Waals surface area contributed by atoms with Crippen molar-refractivity contribution < 1.29 is 18.4 Å². The van der Waals surface area contributed by atoms with Crippen LogP contribution in [0.2, 0.25) is 5.02 Å². The largest absolute Gasteiger partial charge is 0.466 e. The number of amides is 3. The Morgan fingerprint density at radius 1 is 1.19 bits per heavy atom. The molecule has 0 aliphatic carbocycles. The van der Waals surface area contributed by atoms with Crippen LogP contribution in [0.5, 0.6) is 0 Å². The smallest absolute Gasteiger partial charge is 0.325 e. The van der Waals surface area contributed by atoms with Gasteiger partial charge < -0.3 is 14.2 Å². The molecule has 1 fully saturated rings. The molecule has 1 unspecified atom stereocenters. The number of aromatic nitrogens is 1. The molecule has 0 bridgehead atoms. The van der Waals surface area contributed by atoms with E-state index in [0.717, 1.165) is 10.5 Å². The SMILES string of the molecule is CC1(c2ccco2)NC(=O)N(Cc2coc(-c3ccc(Cl)cc3)n2)C1=O. The number of hydrogen-bond acceptors (Lipinski definition) is 5. The molecule has 1 aliphatic heterocycles. The number of oxazole rings is 1. The Kier molecular flexibility index (Phi) is 3.81. The molecule has 3 aromatic rings. The first kappa shape index (κ1) is 16.4. The molecule has 3 amide bonds. The first-order chi connectivity index (χ1) is 12.5. The molecule has 2 aromatic heterocycles. The van der Waals surface area contributed by atoms with E-state index in [1.54, 1.807) is 43.3 Å². The van der Waals surface area contributed by atoms with Gasteiger partial charge in [0.15, 0.2) is 5.54 Å². The molecular formula is C18H14ClN3O4. The molecule has 1 N–H and O–H groups in total. The van der Waals surface area contributed by atoms with E-state index in [4.69, 9.17) is 20.4 Å². The third kappa shape index (κ3) is 2.66. The minimum Gasteiger partial charge on any atom is -0.466 e. The number of nitrogens with zero attached hydrogens (tertiary/aromatic N) is 2. The predicted octanol–water partition coefficient (Wildman–Crippen LogP) is 3.56. The van der Waals surface area contributed by atoms with Crippen molar-refractivity contribution in [3.8, 4) is 11.5 Å². The topological polar surface area (TPSA) is 88.6 Å². The van der Waals surface area contributed by atoms with Crippen molar-refractivity contribution in [3.05, 3.63) is 65.4 Å². The molecule has 0 spiro atoms. The molecule has 1 atom stereocenters. The van der Waals surface area contributed by atoms with Crippen LogP contribution in [0.25, 0.3) is 11.5 Å². The van der Waals surface area contributed by atoms with Crippen LogP contribution in [0.15, 0.2) is 57.8 Å². The zero-order chi connectivity index (χ0) is 18.3. The lowest BCUT2D eigenvalue weighted by atomic mass is 9.99. The van der Waals surface area contributed by atoms with E-state index < -0.39 is 17.5 Å². The number of benzene rings is 1. The molecule has 3 heterocycles. The van der Waals surface area contributed by atoms with Gasteiger partial charge in [0.2, 0.25) is 5.89 Å². The number of imide groups is 1. The van der Waals surface area contributed by atoms with Crippen LogP contribution in [-0.4, -0.2) is 21.8 Å². The molecule has 0 radical (unpaired) electrons.